The van der Waals surface area contributed by atoms with Crippen LogP contribution in [0.5, 0.6) is 0 Å². The molecule has 0 bridgehead atoms. The van der Waals surface area contributed by atoms with E-state index >= 15 is 0 Å². The van der Waals surface area contributed by atoms with Crippen LogP contribution in [0.2, 0.25) is 5.15 Å². The Bertz CT molecular complexity index is 543. The van der Waals surface area contributed by atoms with E-state index in [9.17, 15) is 8.42 Å². The number of rotatable bonds is 3. The molecule has 2 heterocycles. The van der Waals surface area contributed by atoms with E-state index in [1.807, 2.05) is 0 Å². The van der Waals surface area contributed by atoms with Gasteiger partial charge in [-0.05, 0) is 43.2 Å². The van der Waals surface area contributed by atoms with Crippen molar-refractivity contribution < 1.29 is 8.42 Å². The van der Waals surface area contributed by atoms with Crippen molar-refractivity contribution in [3.8, 4) is 0 Å². The van der Waals surface area contributed by atoms with Crippen LogP contribution < -0.4 is 0 Å². The molecule has 0 aromatic carbocycles. The Hall–Kier alpha value is -0.650. The summed E-state index contributed by atoms with van der Waals surface area (Å²) in [7, 11) is -3.44. The zero-order chi connectivity index (χ0) is 14.8. The molecular weight excluding hydrogens is 296 g/mol. The number of hydrogen-bond donors (Lipinski definition) is 0. The van der Waals surface area contributed by atoms with E-state index in [2.05, 4.69) is 18.8 Å². The van der Waals surface area contributed by atoms with Crippen molar-refractivity contribution in [2.24, 2.45) is 11.8 Å². The quantitative estimate of drug-likeness (QED) is 0.805. The second-order valence-electron chi connectivity index (χ2n) is 5.66. The largest absolute Gasteiger partial charge is 0.244 e. The van der Waals surface area contributed by atoms with E-state index in [4.69, 9.17) is 11.6 Å². The van der Waals surface area contributed by atoms with E-state index in [1.54, 1.807) is 4.31 Å². The number of pyridine rings is 1. The van der Waals surface area contributed by atoms with Crippen molar-refractivity contribution >= 4 is 21.6 Å². The highest BCUT2D eigenvalue weighted by atomic mass is 35.5. The van der Waals surface area contributed by atoms with Crippen LogP contribution >= 0.6 is 11.6 Å². The van der Waals surface area contributed by atoms with Gasteiger partial charge in [0.15, 0.2) is 0 Å². The topological polar surface area (TPSA) is 50.3 Å². The van der Waals surface area contributed by atoms with Crippen LogP contribution in [0, 0.1) is 11.8 Å². The van der Waals surface area contributed by atoms with Crippen LogP contribution in [-0.2, 0) is 10.0 Å². The first kappa shape index (κ1) is 15.7. The SMILES string of the molecule is CC(C)C1CCCN(S(=O)(=O)c2ccc(Cl)nc2)CC1. The lowest BCUT2D eigenvalue weighted by Gasteiger charge is -2.21. The highest BCUT2D eigenvalue weighted by Gasteiger charge is 2.28. The molecular formula is C14H21ClN2O2S. The second-order valence-corrected chi connectivity index (χ2v) is 7.98. The molecule has 20 heavy (non-hydrogen) atoms. The van der Waals surface area contributed by atoms with Gasteiger partial charge in [-0.1, -0.05) is 25.4 Å². The highest BCUT2D eigenvalue weighted by molar-refractivity contribution is 7.89. The lowest BCUT2D eigenvalue weighted by atomic mass is 9.89. The number of sulfonamides is 1. The van der Waals surface area contributed by atoms with E-state index in [0.29, 0.717) is 30.1 Å². The van der Waals surface area contributed by atoms with Crippen LogP contribution in [0.25, 0.3) is 0 Å². The Kier molecular flexibility index (Phi) is 5.04. The number of halogens is 1. The van der Waals surface area contributed by atoms with Crippen molar-refractivity contribution in [2.45, 2.75) is 38.0 Å². The number of nitrogens with zero attached hydrogens (tertiary/aromatic N) is 2. The molecule has 1 aromatic rings. The zero-order valence-corrected chi connectivity index (χ0v) is 13.5. The molecule has 6 heteroatoms. The fourth-order valence-corrected chi connectivity index (χ4v) is 4.22. The van der Waals surface area contributed by atoms with Crippen molar-refractivity contribution in [1.82, 2.24) is 9.29 Å². The summed E-state index contributed by atoms with van der Waals surface area (Å²) in [5.41, 5.74) is 0. The molecule has 0 aliphatic carbocycles. The standard InChI is InChI=1S/C14H21ClN2O2S/c1-11(2)12-4-3-8-17(9-7-12)20(18,19)13-5-6-14(15)16-10-13/h5-6,10-12H,3-4,7-9H2,1-2H3. The monoisotopic (exact) mass is 316 g/mol. The lowest BCUT2D eigenvalue weighted by Crippen LogP contribution is -2.32. The van der Waals surface area contributed by atoms with Crippen LogP contribution in [0.3, 0.4) is 0 Å². The summed E-state index contributed by atoms with van der Waals surface area (Å²) in [4.78, 5) is 4.09. The molecule has 112 valence electrons. The first-order valence-corrected chi connectivity index (χ1v) is 8.85. The minimum Gasteiger partial charge on any atom is -0.243 e. The molecule has 4 nitrogen and oxygen atoms in total. The molecule has 1 unspecified atom stereocenters. The third kappa shape index (κ3) is 3.51. The Labute approximate surface area is 126 Å². The smallest absolute Gasteiger partial charge is 0.243 e. The van der Waals surface area contributed by atoms with Gasteiger partial charge < -0.3 is 0 Å². The molecule has 1 aliphatic heterocycles. The van der Waals surface area contributed by atoms with Gasteiger partial charge in [0, 0.05) is 19.3 Å². The first-order valence-electron chi connectivity index (χ1n) is 7.03. The highest BCUT2D eigenvalue weighted by Crippen LogP contribution is 2.27. The van der Waals surface area contributed by atoms with Crippen molar-refractivity contribution in [1.29, 1.82) is 0 Å². The minimum absolute atomic E-state index is 0.227. The molecule has 1 fully saturated rings. The normalized spacial score (nSPS) is 21.9. The summed E-state index contributed by atoms with van der Waals surface area (Å²) >= 11 is 5.71. The summed E-state index contributed by atoms with van der Waals surface area (Å²) in [5.74, 6) is 1.22. The summed E-state index contributed by atoms with van der Waals surface area (Å²) in [6.07, 6.45) is 4.28. The summed E-state index contributed by atoms with van der Waals surface area (Å²) < 4.78 is 26.7. The van der Waals surface area contributed by atoms with Crippen molar-refractivity contribution in [3.63, 3.8) is 0 Å². The number of aromatic nitrogens is 1. The Balaban J connectivity index is 2.16. The summed E-state index contributed by atoms with van der Waals surface area (Å²) in [6, 6.07) is 3.04. The maximum absolute atomic E-state index is 12.6. The average Bonchev–Trinajstić information content (AvgIpc) is 2.65. The third-order valence-corrected chi connectivity index (χ3v) is 6.12. The second kappa shape index (κ2) is 6.41. The van der Waals surface area contributed by atoms with Gasteiger partial charge in [-0.2, -0.15) is 4.31 Å². The van der Waals surface area contributed by atoms with Gasteiger partial charge >= 0.3 is 0 Å². The van der Waals surface area contributed by atoms with Crippen molar-refractivity contribution in [3.05, 3.63) is 23.5 Å². The fraction of sp³-hybridized carbons (Fsp3) is 0.643. The zero-order valence-electron chi connectivity index (χ0n) is 11.9. The minimum atomic E-state index is -3.44. The molecule has 2 rings (SSSR count). The molecule has 1 aliphatic rings. The van der Waals surface area contributed by atoms with E-state index in [0.717, 1.165) is 19.3 Å². The van der Waals surface area contributed by atoms with Gasteiger partial charge in [0.1, 0.15) is 10.0 Å². The maximum Gasteiger partial charge on any atom is 0.244 e. The van der Waals surface area contributed by atoms with Gasteiger partial charge in [0.25, 0.3) is 0 Å². The van der Waals surface area contributed by atoms with Crippen molar-refractivity contribution in [2.75, 3.05) is 13.1 Å². The Morgan fingerprint density at radius 1 is 1.30 bits per heavy atom. The van der Waals surface area contributed by atoms with Gasteiger partial charge in [0.05, 0.1) is 0 Å². The van der Waals surface area contributed by atoms with Gasteiger partial charge in [-0.3, -0.25) is 0 Å². The van der Waals surface area contributed by atoms with Gasteiger partial charge in [-0.25, -0.2) is 13.4 Å². The Morgan fingerprint density at radius 3 is 2.65 bits per heavy atom. The number of hydrogen-bond acceptors (Lipinski definition) is 3. The van der Waals surface area contributed by atoms with Crippen LogP contribution in [0.4, 0.5) is 0 Å². The molecule has 1 saturated heterocycles. The molecule has 0 N–H and O–H groups in total. The molecule has 1 atom stereocenters. The van der Waals surface area contributed by atoms with Crippen LogP contribution in [0.15, 0.2) is 23.2 Å². The molecule has 1 aromatic heterocycles. The summed E-state index contributed by atoms with van der Waals surface area (Å²) in [5, 5.41) is 0.305. The third-order valence-electron chi connectivity index (χ3n) is 4.01. The fourth-order valence-electron chi connectivity index (χ4n) is 2.67. The molecule has 0 radical (unpaired) electrons. The van der Waals surface area contributed by atoms with E-state index < -0.39 is 10.0 Å². The maximum atomic E-state index is 12.6. The van der Waals surface area contributed by atoms with E-state index in [1.165, 1.54) is 18.3 Å². The van der Waals surface area contributed by atoms with Gasteiger partial charge in [-0.15, -0.1) is 0 Å². The molecule has 0 spiro atoms. The predicted octanol–water partition coefficient (Wildman–Crippen LogP) is 3.18. The van der Waals surface area contributed by atoms with Gasteiger partial charge in [0.2, 0.25) is 10.0 Å². The summed E-state index contributed by atoms with van der Waals surface area (Å²) in [6.45, 7) is 5.60. The Morgan fingerprint density at radius 2 is 2.05 bits per heavy atom. The lowest BCUT2D eigenvalue weighted by molar-refractivity contribution is 0.340. The first-order chi connectivity index (χ1) is 9.41. The average molecular weight is 317 g/mol. The van der Waals surface area contributed by atoms with Crippen LogP contribution in [0.1, 0.15) is 33.1 Å². The molecule has 0 amide bonds. The molecule has 0 saturated carbocycles. The predicted molar refractivity (Wildman–Crippen MR) is 80.2 cm³/mol. The van der Waals surface area contributed by atoms with E-state index in [-0.39, 0.29) is 4.90 Å². The van der Waals surface area contributed by atoms with Crippen LogP contribution in [-0.4, -0.2) is 30.8 Å².